The van der Waals surface area contributed by atoms with Gasteiger partial charge in [0.05, 0.1) is 11.7 Å². The molecule has 1 fully saturated rings. The van der Waals surface area contributed by atoms with Crippen LogP contribution in [0.3, 0.4) is 0 Å². The first-order chi connectivity index (χ1) is 9.01. The lowest BCUT2D eigenvalue weighted by atomic mass is 9.89. The molecule has 1 saturated carbocycles. The maximum Gasteiger partial charge on any atom is 0.136 e. The molecular weight excluding hydrogens is 258 g/mol. The van der Waals surface area contributed by atoms with Crippen molar-refractivity contribution >= 4 is 23.0 Å². The number of nitrogens with two attached hydrogens (primary N) is 1. The minimum atomic E-state index is 0.377. The van der Waals surface area contributed by atoms with Crippen molar-refractivity contribution in [1.29, 1.82) is 0 Å². The topological polar surface area (TPSA) is 60.2 Å². The van der Waals surface area contributed by atoms with E-state index < -0.39 is 0 Å². The molecule has 104 valence electrons. The second-order valence-electron chi connectivity index (χ2n) is 5.06. The van der Waals surface area contributed by atoms with Crippen molar-refractivity contribution in [1.82, 2.24) is 4.98 Å². The molecule has 1 aromatic heterocycles. The SMILES string of the molecule is CCOC1CC(Nc2nc(C)cc(C)c2C(N)=S)C1. The van der Waals surface area contributed by atoms with Gasteiger partial charge in [0.1, 0.15) is 10.8 Å². The molecule has 5 heteroatoms. The van der Waals surface area contributed by atoms with E-state index in [-0.39, 0.29) is 0 Å². The molecule has 1 heterocycles. The zero-order valence-electron chi connectivity index (χ0n) is 11.7. The van der Waals surface area contributed by atoms with Crippen LogP contribution in [-0.4, -0.2) is 28.7 Å². The summed E-state index contributed by atoms with van der Waals surface area (Å²) in [6.07, 6.45) is 2.40. The van der Waals surface area contributed by atoms with Gasteiger partial charge in [-0.25, -0.2) is 4.98 Å². The van der Waals surface area contributed by atoms with Crippen LogP contribution >= 0.6 is 12.2 Å². The van der Waals surface area contributed by atoms with Crippen LogP contribution < -0.4 is 11.1 Å². The van der Waals surface area contributed by atoms with E-state index in [1.54, 1.807) is 0 Å². The van der Waals surface area contributed by atoms with Crippen LogP contribution in [0.15, 0.2) is 6.07 Å². The van der Waals surface area contributed by atoms with E-state index in [1.807, 2.05) is 26.8 Å². The highest BCUT2D eigenvalue weighted by atomic mass is 32.1. The van der Waals surface area contributed by atoms with Crippen LogP contribution in [0.25, 0.3) is 0 Å². The smallest absolute Gasteiger partial charge is 0.136 e. The summed E-state index contributed by atoms with van der Waals surface area (Å²) in [7, 11) is 0. The maximum absolute atomic E-state index is 5.80. The Morgan fingerprint density at radius 3 is 2.79 bits per heavy atom. The fourth-order valence-electron chi connectivity index (χ4n) is 2.50. The average molecular weight is 279 g/mol. The van der Waals surface area contributed by atoms with Gasteiger partial charge in [-0.15, -0.1) is 0 Å². The fourth-order valence-corrected chi connectivity index (χ4v) is 2.76. The van der Waals surface area contributed by atoms with Gasteiger partial charge in [-0.05, 0) is 45.2 Å². The van der Waals surface area contributed by atoms with Crippen molar-refractivity contribution in [2.24, 2.45) is 5.73 Å². The third-order valence-electron chi connectivity index (χ3n) is 3.43. The molecule has 1 aromatic rings. The summed E-state index contributed by atoms with van der Waals surface area (Å²) in [5.41, 5.74) is 8.71. The Hall–Kier alpha value is -1.20. The Morgan fingerprint density at radius 1 is 1.53 bits per heavy atom. The molecule has 1 aliphatic rings. The third kappa shape index (κ3) is 3.22. The standard InChI is InChI=1S/C14H21N3OS/c1-4-18-11-6-10(7-11)17-14-12(13(15)19)8(2)5-9(3)16-14/h5,10-11H,4,6-7H2,1-3H3,(H2,15,19)(H,16,17). The highest BCUT2D eigenvalue weighted by Gasteiger charge is 2.30. The number of nitrogens with one attached hydrogen (secondary N) is 1. The molecule has 0 spiro atoms. The van der Waals surface area contributed by atoms with Crippen molar-refractivity contribution < 1.29 is 4.74 Å². The Labute approximate surface area is 119 Å². The normalized spacial score (nSPS) is 21.8. The number of aryl methyl sites for hydroxylation is 2. The second-order valence-corrected chi connectivity index (χ2v) is 5.50. The lowest BCUT2D eigenvalue weighted by Gasteiger charge is -2.36. The number of ether oxygens (including phenoxy) is 1. The number of pyridine rings is 1. The van der Waals surface area contributed by atoms with Gasteiger partial charge < -0.3 is 15.8 Å². The van der Waals surface area contributed by atoms with E-state index >= 15 is 0 Å². The Balaban J connectivity index is 2.10. The van der Waals surface area contributed by atoms with Gasteiger partial charge in [0.25, 0.3) is 0 Å². The molecule has 1 aliphatic carbocycles. The Morgan fingerprint density at radius 2 is 2.21 bits per heavy atom. The monoisotopic (exact) mass is 279 g/mol. The highest BCUT2D eigenvalue weighted by Crippen LogP contribution is 2.28. The molecule has 0 bridgehead atoms. The fraction of sp³-hybridized carbons (Fsp3) is 0.571. The molecule has 4 nitrogen and oxygen atoms in total. The van der Waals surface area contributed by atoms with Crippen molar-refractivity contribution in [2.45, 2.75) is 45.8 Å². The lowest BCUT2D eigenvalue weighted by molar-refractivity contribution is 0.00292. The van der Waals surface area contributed by atoms with Gasteiger partial charge in [-0.3, -0.25) is 0 Å². The van der Waals surface area contributed by atoms with E-state index in [2.05, 4.69) is 10.3 Å². The predicted molar refractivity (Wildman–Crippen MR) is 81.7 cm³/mol. The van der Waals surface area contributed by atoms with E-state index in [1.165, 1.54) is 0 Å². The Bertz CT molecular complexity index is 484. The van der Waals surface area contributed by atoms with Crippen LogP contribution in [0.2, 0.25) is 0 Å². The molecule has 2 rings (SSSR count). The molecular formula is C14H21N3OS. The van der Waals surface area contributed by atoms with Gasteiger partial charge >= 0.3 is 0 Å². The van der Waals surface area contributed by atoms with Gasteiger partial charge in [-0.2, -0.15) is 0 Å². The first-order valence-corrected chi connectivity index (χ1v) is 7.08. The molecule has 3 N–H and O–H groups in total. The summed E-state index contributed by atoms with van der Waals surface area (Å²) in [6.45, 7) is 6.79. The molecule has 0 aromatic carbocycles. The number of anilines is 1. The zero-order valence-corrected chi connectivity index (χ0v) is 12.5. The number of hydrogen-bond donors (Lipinski definition) is 2. The number of hydrogen-bond acceptors (Lipinski definition) is 4. The molecule has 19 heavy (non-hydrogen) atoms. The quantitative estimate of drug-likeness (QED) is 0.810. The number of aromatic nitrogens is 1. The first kappa shape index (κ1) is 14.2. The molecule has 0 amide bonds. The molecule has 0 radical (unpaired) electrons. The molecule has 0 saturated heterocycles. The minimum Gasteiger partial charge on any atom is -0.389 e. The van der Waals surface area contributed by atoms with Crippen LogP contribution in [0.4, 0.5) is 5.82 Å². The molecule has 0 aliphatic heterocycles. The summed E-state index contributed by atoms with van der Waals surface area (Å²) >= 11 is 5.13. The average Bonchev–Trinajstić information content (AvgIpc) is 2.24. The zero-order chi connectivity index (χ0) is 14.0. The Kier molecular flexibility index (Phi) is 4.37. The molecule has 0 atom stereocenters. The van der Waals surface area contributed by atoms with Gasteiger partial charge in [0.15, 0.2) is 0 Å². The lowest BCUT2D eigenvalue weighted by Crippen LogP contribution is -2.41. The summed E-state index contributed by atoms with van der Waals surface area (Å²) in [5, 5.41) is 3.44. The first-order valence-electron chi connectivity index (χ1n) is 6.67. The predicted octanol–water partition coefficient (Wildman–Crippen LogP) is 2.31. The van der Waals surface area contributed by atoms with Crippen LogP contribution in [0.5, 0.6) is 0 Å². The summed E-state index contributed by atoms with van der Waals surface area (Å²) in [6, 6.07) is 2.40. The minimum absolute atomic E-state index is 0.377. The van der Waals surface area contributed by atoms with E-state index in [0.29, 0.717) is 17.1 Å². The second kappa shape index (κ2) is 5.84. The summed E-state index contributed by atoms with van der Waals surface area (Å²) < 4.78 is 5.56. The van der Waals surface area contributed by atoms with Gasteiger partial charge in [0, 0.05) is 18.3 Å². The largest absolute Gasteiger partial charge is 0.389 e. The van der Waals surface area contributed by atoms with Gasteiger partial charge in [-0.1, -0.05) is 12.2 Å². The van der Waals surface area contributed by atoms with E-state index in [9.17, 15) is 0 Å². The van der Waals surface area contributed by atoms with Gasteiger partial charge in [0.2, 0.25) is 0 Å². The number of nitrogens with zero attached hydrogens (tertiary/aromatic N) is 1. The number of rotatable bonds is 5. The van der Waals surface area contributed by atoms with Crippen molar-refractivity contribution in [3.05, 3.63) is 22.9 Å². The molecule has 0 unspecified atom stereocenters. The summed E-state index contributed by atoms with van der Waals surface area (Å²) in [5.74, 6) is 0.810. The van der Waals surface area contributed by atoms with Crippen LogP contribution in [-0.2, 0) is 4.74 Å². The van der Waals surface area contributed by atoms with Crippen LogP contribution in [0, 0.1) is 13.8 Å². The number of thiocarbonyl (C=S) groups is 1. The van der Waals surface area contributed by atoms with Crippen molar-refractivity contribution in [3.8, 4) is 0 Å². The maximum atomic E-state index is 5.80. The third-order valence-corrected chi connectivity index (χ3v) is 3.63. The van der Waals surface area contributed by atoms with Crippen molar-refractivity contribution in [2.75, 3.05) is 11.9 Å². The van der Waals surface area contributed by atoms with Crippen LogP contribution in [0.1, 0.15) is 36.6 Å². The van der Waals surface area contributed by atoms with E-state index in [4.69, 9.17) is 22.7 Å². The summed E-state index contributed by atoms with van der Waals surface area (Å²) in [4.78, 5) is 4.93. The van der Waals surface area contributed by atoms with E-state index in [0.717, 1.165) is 42.1 Å². The highest BCUT2D eigenvalue weighted by molar-refractivity contribution is 7.80. The van der Waals surface area contributed by atoms with Crippen molar-refractivity contribution in [3.63, 3.8) is 0 Å².